The van der Waals surface area contributed by atoms with Crippen LogP contribution in [0.2, 0.25) is 0 Å². The van der Waals surface area contributed by atoms with Crippen molar-refractivity contribution in [1.82, 2.24) is 9.55 Å². The molecular weight excluding hydrogens is 348 g/mol. The molecule has 142 valence electrons. The van der Waals surface area contributed by atoms with E-state index in [1.54, 1.807) is 13.0 Å². The van der Waals surface area contributed by atoms with Crippen LogP contribution in [-0.2, 0) is 24.6 Å². The Kier molecular flexibility index (Phi) is 4.83. The summed E-state index contributed by atoms with van der Waals surface area (Å²) in [6.45, 7) is 1.45. The molecule has 1 aliphatic rings. The number of ether oxygens (including phenoxy) is 1. The number of nitrogens with one attached hydrogen (secondary N) is 1. The minimum atomic E-state index is -0.449. The molecule has 1 unspecified atom stereocenters. The number of hydrogen-bond acceptors (Lipinski definition) is 3. The Bertz CT molecular complexity index is 983. The molecule has 0 spiro atoms. The number of fused-ring (bicyclic) bond motifs is 3. The summed E-state index contributed by atoms with van der Waals surface area (Å²) in [5, 5.41) is 4.28. The number of aryl methyl sites for hydroxylation is 2. The summed E-state index contributed by atoms with van der Waals surface area (Å²) in [5.74, 6) is 0.434. The van der Waals surface area contributed by atoms with Crippen molar-refractivity contribution < 1.29 is 13.5 Å². The predicted molar refractivity (Wildman–Crippen MR) is 103 cm³/mol. The fourth-order valence-corrected chi connectivity index (χ4v) is 3.84. The van der Waals surface area contributed by atoms with Gasteiger partial charge in [-0.15, -0.1) is 0 Å². The van der Waals surface area contributed by atoms with Crippen molar-refractivity contribution in [2.24, 2.45) is 7.05 Å². The second-order valence-corrected chi connectivity index (χ2v) is 7.07. The van der Waals surface area contributed by atoms with E-state index < -0.39 is 6.67 Å². The van der Waals surface area contributed by atoms with Gasteiger partial charge in [0.25, 0.3) is 0 Å². The van der Waals surface area contributed by atoms with Crippen LogP contribution < -0.4 is 5.32 Å². The first-order valence-corrected chi connectivity index (χ1v) is 9.24. The Morgan fingerprint density at radius 1 is 1.30 bits per heavy atom. The van der Waals surface area contributed by atoms with E-state index in [1.807, 2.05) is 25.2 Å². The molecule has 1 atom stereocenters. The number of pyridine rings is 1. The topological polar surface area (TPSA) is 39.1 Å². The van der Waals surface area contributed by atoms with Gasteiger partial charge in [0.05, 0.1) is 12.7 Å². The van der Waals surface area contributed by atoms with Gasteiger partial charge in [-0.1, -0.05) is 6.07 Å². The molecule has 1 N–H and O–H groups in total. The molecule has 0 saturated heterocycles. The Morgan fingerprint density at radius 2 is 2.15 bits per heavy atom. The highest BCUT2D eigenvalue weighted by Crippen LogP contribution is 2.32. The average Bonchev–Trinajstić information content (AvgIpc) is 2.95. The van der Waals surface area contributed by atoms with Gasteiger partial charge in [0.15, 0.2) is 0 Å². The first-order chi connectivity index (χ1) is 13.1. The Balaban J connectivity index is 1.63. The van der Waals surface area contributed by atoms with Gasteiger partial charge in [0, 0.05) is 30.2 Å². The van der Waals surface area contributed by atoms with Gasteiger partial charge in [-0.3, -0.25) is 0 Å². The number of nitrogens with zero attached hydrogens (tertiary/aromatic N) is 2. The molecule has 0 fully saturated rings. The summed E-state index contributed by atoms with van der Waals surface area (Å²) in [5.41, 5.74) is 4.68. The van der Waals surface area contributed by atoms with Crippen LogP contribution in [0.5, 0.6) is 0 Å². The van der Waals surface area contributed by atoms with Crippen molar-refractivity contribution in [3.8, 4) is 0 Å². The van der Waals surface area contributed by atoms with Gasteiger partial charge < -0.3 is 14.6 Å². The largest absolute Gasteiger partial charge is 0.375 e. The summed E-state index contributed by atoms with van der Waals surface area (Å²) in [6.07, 6.45) is 2.63. The van der Waals surface area contributed by atoms with Gasteiger partial charge in [-0.05, 0) is 55.2 Å². The van der Waals surface area contributed by atoms with E-state index in [9.17, 15) is 8.78 Å². The molecule has 4 rings (SSSR count). The molecule has 0 amide bonds. The second kappa shape index (κ2) is 7.27. The molecule has 0 aliphatic heterocycles. The normalized spacial score (nSPS) is 16.5. The molecule has 27 heavy (non-hydrogen) atoms. The number of benzene rings is 1. The van der Waals surface area contributed by atoms with Crippen molar-refractivity contribution in [3.63, 3.8) is 0 Å². The first kappa shape index (κ1) is 17.9. The first-order valence-electron chi connectivity index (χ1n) is 9.24. The van der Waals surface area contributed by atoms with Gasteiger partial charge in [0.2, 0.25) is 0 Å². The summed E-state index contributed by atoms with van der Waals surface area (Å²) < 4.78 is 33.9. The molecule has 0 bridgehead atoms. The number of rotatable bonds is 5. The molecular formula is C21H23F2N3O. The fourth-order valence-electron chi connectivity index (χ4n) is 3.84. The van der Waals surface area contributed by atoms with Crippen LogP contribution in [-0.4, -0.2) is 28.9 Å². The van der Waals surface area contributed by atoms with E-state index in [0.717, 1.165) is 30.3 Å². The Morgan fingerprint density at radius 3 is 2.93 bits per heavy atom. The van der Waals surface area contributed by atoms with E-state index in [4.69, 9.17) is 9.72 Å². The number of hydrogen-bond donors (Lipinski definition) is 1. The third-order valence-corrected chi connectivity index (χ3v) is 5.28. The summed E-state index contributed by atoms with van der Waals surface area (Å²) in [7, 11) is 2.02. The maximum absolute atomic E-state index is 13.8. The van der Waals surface area contributed by atoms with Crippen molar-refractivity contribution in [2.45, 2.75) is 32.3 Å². The molecule has 0 saturated carbocycles. The number of anilines is 2. The van der Waals surface area contributed by atoms with Gasteiger partial charge in [-0.2, -0.15) is 0 Å². The molecule has 3 aromatic rings. The van der Waals surface area contributed by atoms with Gasteiger partial charge >= 0.3 is 0 Å². The number of alkyl halides is 1. The van der Waals surface area contributed by atoms with E-state index in [0.29, 0.717) is 17.1 Å². The van der Waals surface area contributed by atoms with Crippen LogP contribution >= 0.6 is 0 Å². The smallest absolute Gasteiger partial charge is 0.142 e. The lowest BCUT2D eigenvalue weighted by atomic mass is 9.93. The van der Waals surface area contributed by atoms with E-state index in [1.165, 1.54) is 17.3 Å². The summed E-state index contributed by atoms with van der Waals surface area (Å²) in [6, 6.07) is 9.02. The van der Waals surface area contributed by atoms with Crippen LogP contribution in [0.1, 0.15) is 23.2 Å². The minimum Gasteiger partial charge on any atom is -0.375 e. The Hall–Kier alpha value is -2.47. The van der Waals surface area contributed by atoms with Crippen LogP contribution in [0.15, 0.2) is 30.3 Å². The summed E-state index contributed by atoms with van der Waals surface area (Å²) >= 11 is 0. The maximum atomic E-state index is 13.8. The third kappa shape index (κ3) is 3.41. The number of halogens is 2. The lowest BCUT2D eigenvalue weighted by Crippen LogP contribution is -2.23. The lowest BCUT2D eigenvalue weighted by Gasteiger charge is -2.23. The quantitative estimate of drug-likeness (QED) is 0.712. The van der Waals surface area contributed by atoms with Crippen molar-refractivity contribution in [3.05, 3.63) is 53.0 Å². The van der Waals surface area contributed by atoms with Crippen molar-refractivity contribution in [2.75, 3.05) is 18.6 Å². The highest BCUT2D eigenvalue weighted by atomic mass is 19.1. The Labute approximate surface area is 157 Å². The molecule has 2 aromatic heterocycles. The van der Waals surface area contributed by atoms with Crippen molar-refractivity contribution >= 4 is 22.5 Å². The third-order valence-electron chi connectivity index (χ3n) is 5.28. The fraction of sp³-hybridized carbons (Fsp3) is 0.381. The van der Waals surface area contributed by atoms with Crippen LogP contribution in [0.25, 0.3) is 11.0 Å². The van der Waals surface area contributed by atoms with Crippen LogP contribution in [0.3, 0.4) is 0 Å². The zero-order chi connectivity index (χ0) is 19.0. The molecule has 1 aliphatic carbocycles. The van der Waals surface area contributed by atoms with E-state index in [-0.39, 0.29) is 18.5 Å². The highest BCUT2D eigenvalue weighted by Gasteiger charge is 2.25. The lowest BCUT2D eigenvalue weighted by molar-refractivity contribution is 0.0358. The summed E-state index contributed by atoms with van der Waals surface area (Å²) in [4.78, 5) is 4.74. The van der Waals surface area contributed by atoms with Crippen LogP contribution in [0, 0.1) is 12.7 Å². The molecule has 0 radical (unpaired) electrons. The zero-order valence-corrected chi connectivity index (χ0v) is 15.6. The SMILES string of the molecule is Cc1ccc(Nc2ccc3c4c(n(C)c3n2)CCC(OCCF)C4)cc1F. The second-order valence-electron chi connectivity index (χ2n) is 7.07. The zero-order valence-electron chi connectivity index (χ0n) is 15.6. The minimum absolute atomic E-state index is 0.0622. The maximum Gasteiger partial charge on any atom is 0.142 e. The average molecular weight is 371 g/mol. The number of aromatic nitrogens is 2. The standard InChI is InChI=1S/C21H23F2N3O/c1-13-3-4-14(11-18(13)23)24-20-8-6-16-17-12-15(27-10-9-22)5-7-19(17)26(2)21(16)25-20/h3-4,6,8,11,15H,5,7,9-10,12H2,1-2H3,(H,24,25). The predicted octanol–water partition coefficient (Wildman–Crippen LogP) is 4.61. The van der Waals surface area contributed by atoms with E-state index >= 15 is 0 Å². The van der Waals surface area contributed by atoms with E-state index in [2.05, 4.69) is 9.88 Å². The molecule has 4 nitrogen and oxygen atoms in total. The van der Waals surface area contributed by atoms with Gasteiger partial charge in [0.1, 0.15) is 24.0 Å². The molecule has 2 heterocycles. The monoisotopic (exact) mass is 371 g/mol. The van der Waals surface area contributed by atoms with Crippen LogP contribution in [0.4, 0.5) is 20.3 Å². The molecule has 1 aromatic carbocycles. The highest BCUT2D eigenvalue weighted by molar-refractivity contribution is 5.84. The molecule has 6 heteroatoms. The van der Waals surface area contributed by atoms with Gasteiger partial charge in [-0.25, -0.2) is 13.8 Å². The van der Waals surface area contributed by atoms with Crippen molar-refractivity contribution in [1.29, 1.82) is 0 Å².